The first-order valence-electron chi connectivity index (χ1n) is 14.8. The number of nitrogens with two attached hydrogens (primary N) is 2. The van der Waals surface area contributed by atoms with E-state index in [0.29, 0.717) is 6.67 Å². The molecule has 40 heavy (non-hydrogen) atoms. The van der Waals surface area contributed by atoms with E-state index >= 15 is 0 Å². The van der Waals surface area contributed by atoms with Gasteiger partial charge >= 0.3 is 0 Å². The first-order valence-corrected chi connectivity index (χ1v) is 14.8. The lowest BCUT2D eigenvalue weighted by Gasteiger charge is -2.26. The number of hydrogen-bond donors (Lipinski definition) is 5. The average Bonchev–Trinajstić information content (AvgIpc) is 2.96. The molecule has 0 aliphatic heterocycles. The third-order valence-corrected chi connectivity index (χ3v) is 5.50. The molecule has 1 unspecified atom stereocenters. The van der Waals surface area contributed by atoms with Crippen LogP contribution < -0.4 is 22.1 Å². The maximum absolute atomic E-state index is 10.2. The highest BCUT2D eigenvalue weighted by Crippen LogP contribution is 2.25. The van der Waals surface area contributed by atoms with Crippen molar-refractivity contribution in [2.45, 2.75) is 93.5 Å². The normalized spacial score (nSPS) is 12.7. The lowest BCUT2D eigenvalue weighted by Crippen LogP contribution is -2.39. The van der Waals surface area contributed by atoms with Gasteiger partial charge in [0.25, 0.3) is 0 Å². The molecule has 0 aromatic heterocycles. The number of anilines is 1. The summed E-state index contributed by atoms with van der Waals surface area (Å²) in [5, 5.41) is 16.7. The van der Waals surface area contributed by atoms with Crippen molar-refractivity contribution in [1.29, 1.82) is 0 Å². The Morgan fingerprint density at radius 1 is 1.02 bits per heavy atom. The molecule has 0 amide bonds. The number of aliphatic hydroxyl groups is 1. The van der Waals surface area contributed by atoms with Crippen molar-refractivity contribution >= 4 is 11.3 Å². The Labute approximate surface area is 246 Å². The molecule has 0 spiro atoms. The number of nitrogens with one attached hydrogen (secondary N) is 2. The van der Waals surface area contributed by atoms with Crippen molar-refractivity contribution in [2.24, 2.45) is 5.73 Å². The Balaban J connectivity index is 0. The fraction of sp³-hybridized carbons (Fsp3) is 0.529. The standard InChI is InChI=1S/C14H24N2O.C13H15N.C3H10N2.2C2H6/c1-5-15-10-11-8-6-7-9-12(11)13(17)16-14(2,3)4;1-10-9-12(7-8-13(10)14)11-5-3-2-4-6-11;1-5(2)3-4;2*1-2/h6-9,13,15-17H,5,10H2,1-4H3;2-3,5,7-9H,4,6,14H2,1H3;3-4H2,1-2H3;2*1-2H3. The molecular formula is C34H61N5O. The molecule has 0 radical (unpaired) electrons. The van der Waals surface area contributed by atoms with Crippen LogP contribution in [0.3, 0.4) is 0 Å². The van der Waals surface area contributed by atoms with Crippen molar-refractivity contribution in [3.05, 3.63) is 82.9 Å². The second-order valence-electron chi connectivity index (χ2n) is 10.3. The second-order valence-corrected chi connectivity index (χ2v) is 10.3. The molecule has 1 aliphatic carbocycles. The maximum atomic E-state index is 10.2. The number of nitrogen functional groups attached to an aromatic ring is 1. The van der Waals surface area contributed by atoms with E-state index in [1.807, 2.05) is 97.8 Å². The topological polar surface area (TPSA) is 99.6 Å². The van der Waals surface area contributed by atoms with Gasteiger partial charge < -0.3 is 21.9 Å². The zero-order valence-corrected chi connectivity index (χ0v) is 27.4. The molecule has 0 bridgehead atoms. The summed E-state index contributed by atoms with van der Waals surface area (Å²) in [6.45, 7) is 20.6. The van der Waals surface area contributed by atoms with Crippen LogP contribution in [-0.4, -0.2) is 42.9 Å². The minimum absolute atomic E-state index is 0.106. The number of nitrogens with zero attached hydrogens (tertiary/aromatic N) is 1. The number of benzene rings is 2. The molecular weight excluding hydrogens is 494 g/mol. The number of aliphatic hydroxyl groups excluding tert-OH is 1. The van der Waals surface area contributed by atoms with E-state index in [-0.39, 0.29) is 5.54 Å². The minimum atomic E-state index is -0.621. The van der Waals surface area contributed by atoms with Crippen LogP contribution in [0.15, 0.2) is 60.7 Å². The molecule has 6 heteroatoms. The van der Waals surface area contributed by atoms with E-state index in [0.717, 1.165) is 48.3 Å². The van der Waals surface area contributed by atoms with E-state index in [2.05, 4.69) is 54.8 Å². The van der Waals surface area contributed by atoms with Gasteiger partial charge in [-0.15, -0.1) is 0 Å². The number of rotatable bonds is 7. The summed E-state index contributed by atoms with van der Waals surface area (Å²) in [7, 11) is 3.86. The van der Waals surface area contributed by atoms with Gasteiger partial charge in [-0.2, -0.15) is 0 Å². The molecule has 3 rings (SSSR count). The third-order valence-electron chi connectivity index (χ3n) is 5.50. The SMILES string of the molecule is CC.CC.CCNCc1ccccc1C(O)NC(C)(C)C.CN(C)CN.Cc1cc(C2=CC=CCC2)ccc1N. The number of allylic oxidation sites excluding steroid dienone is 4. The van der Waals surface area contributed by atoms with Crippen LogP contribution in [-0.2, 0) is 6.54 Å². The van der Waals surface area contributed by atoms with Gasteiger partial charge in [-0.05, 0) is 101 Å². The van der Waals surface area contributed by atoms with E-state index in [1.54, 1.807) is 0 Å². The van der Waals surface area contributed by atoms with Crippen LogP contribution in [0, 0.1) is 6.92 Å². The Hall–Kier alpha value is -2.48. The molecule has 0 saturated heterocycles. The predicted octanol–water partition coefficient (Wildman–Crippen LogP) is 7.00. The largest absolute Gasteiger partial charge is 0.399 e. The molecule has 0 heterocycles. The summed E-state index contributed by atoms with van der Waals surface area (Å²) in [6, 6.07) is 14.2. The molecule has 6 nitrogen and oxygen atoms in total. The van der Waals surface area contributed by atoms with Gasteiger partial charge in [0.1, 0.15) is 6.23 Å². The van der Waals surface area contributed by atoms with Gasteiger partial charge in [0.05, 0.1) is 0 Å². The summed E-state index contributed by atoms with van der Waals surface area (Å²) in [6.07, 6.45) is 8.19. The van der Waals surface area contributed by atoms with Crippen LogP contribution in [0.1, 0.15) is 96.7 Å². The number of hydrogen-bond acceptors (Lipinski definition) is 6. The Morgan fingerprint density at radius 2 is 1.62 bits per heavy atom. The van der Waals surface area contributed by atoms with Gasteiger partial charge in [0.15, 0.2) is 0 Å². The van der Waals surface area contributed by atoms with Gasteiger partial charge in [0.2, 0.25) is 0 Å². The fourth-order valence-corrected chi connectivity index (χ4v) is 3.43. The summed E-state index contributed by atoms with van der Waals surface area (Å²) in [4.78, 5) is 1.90. The van der Waals surface area contributed by atoms with Crippen LogP contribution in [0.25, 0.3) is 5.57 Å². The van der Waals surface area contributed by atoms with Crippen LogP contribution in [0.2, 0.25) is 0 Å². The average molecular weight is 556 g/mol. The first-order chi connectivity index (χ1) is 19.0. The quantitative estimate of drug-likeness (QED) is 0.186. The zero-order chi connectivity index (χ0) is 31.1. The van der Waals surface area contributed by atoms with Crippen molar-refractivity contribution < 1.29 is 5.11 Å². The highest BCUT2D eigenvalue weighted by atomic mass is 16.3. The molecule has 7 N–H and O–H groups in total. The van der Waals surface area contributed by atoms with Gasteiger partial charge in [-0.3, -0.25) is 10.2 Å². The highest BCUT2D eigenvalue weighted by molar-refractivity contribution is 5.70. The van der Waals surface area contributed by atoms with E-state index < -0.39 is 6.23 Å². The van der Waals surface area contributed by atoms with Gasteiger partial charge in [-0.25, -0.2) is 0 Å². The summed E-state index contributed by atoms with van der Waals surface area (Å²) in [5.41, 5.74) is 17.6. The molecule has 1 atom stereocenters. The Morgan fingerprint density at radius 3 is 2.10 bits per heavy atom. The first kappa shape index (κ1) is 39.7. The molecule has 2 aromatic carbocycles. The lowest BCUT2D eigenvalue weighted by atomic mass is 9.96. The van der Waals surface area contributed by atoms with E-state index in [9.17, 15) is 5.11 Å². The molecule has 2 aromatic rings. The summed E-state index contributed by atoms with van der Waals surface area (Å²) in [5.74, 6) is 0. The molecule has 0 fully saturated rings. The van der Waals surface area contributed by atoms with Crippen molar-refractivity contribution in [2.75, 3.05) is 33.0 Å². The Kier molecular flexibility index (Phi) is 23.1. The second kappa shape index (κ2) is 23.2. The monoisotopic (exact) mass is 555 g/mol. The molecule has 228 valence electrons. The van der Waals surface area contributed by atoms with Crippen LogP contribution >= 0.6 is 0 Å². The van der Waals surface area contributed by atoms with E-state index in [4.69, 9.17) is 11.5 Å². The lowest BCUT2D eigenvalue weighted by molar-refractivity contribution is 0.106. The van der Waals surface area contributed by atoms with Crippen LogP contribution in [0.5, 0.6) is 0 Å². The highest BCUT2D eigenvalue weighted by Gasteiger charge is 2.18. The minimum Gasteiger partial charge on any atom is -0.399 e. The fourth-order valence-electron chi connectivity index (χ4n) is 3.43. The third kappa shape index (κ3) is 18.0. The molecule has 1 aliphatic rings. The molecule has 0 saturated carbocycles. The van der Waals surface area contributed by atoms with Crippen molar-refractivity contribution in [3.63, 3.8) is 0 Å². The smallest absolute Gasteiger partial charge is 0.131 e. The summed E-state index contributed by atoms with van der Waals surface area (Å²) < 4.78 is 0. The van der Waals surface area contributed by atoms with Crippen LogP contribution in [0.4, 0.5) is 5.69 Å². The van der Waals surface area contributed by atoms with Crippen molar-refractivity contribution in [3.8, 4) is 0 Å². The maximum Gasteiger partial charge on any atom is 0.131 e. The van der Waals surface area contributed by atoms with E-state index in [1.165, 1.54) is 11.1 Å². The zero-order valence-electron chi connectivity index (χ0n) is 27.4. The summed E-state index contributed by atoms with van der Waals surface area (Å²) >= 11 is 0. The number of aryl methyl sites for hydroxylation is 1. The van der Waals surface area contributed by atoms with Gasteiger partial charge in [0, 0.05) is 24.4 Å². The predicted molar refractivity (Wildman–Crippen MR) is 179 cm³/mol. The Bertz CT molecular complexity index is 961. The van der Waals surface area contributed by atoms with Gasteiger partial charge in [-0.1, -0.05) is 83.2 Å². The van der Waals surface area contributed by atoms with Crippen molar-refractivity contribution in [1.82, 2.24) is 15.5 Å².